The number of hydrogen-bond donors (Lipinski definition) is 1. The van der Waals surface area contributed by atoms with E-state index in [0.717, 1.165) is 31.6 Å². The summed E-state index contributed by atoms with van der Waals surface area (Å²) in [5, 5.41) is 0. The summed E-state index contributed by atoms with van der Waals surface area (Å²) in [7, 11) is -1.17. The zero-order valence-electron chi connectivity index (χ0n) is 20.8. The minimum Gasteiger partial charge on any atom is -0.461 e. The molecule has 1 spiro atoms. The summed E-state index contributed by atoms with van der Waals surface area (Å²) in [4.78, 5) is 23.8. The lowest BCUT2D eigenvalue weighted by Crippen LogP contribution is -2.57. The number of rotatable bonds is 6. The average Bonchev–Trinajstić information content (AvgIpc) is 3.13. The van der Waals surface area contributed by atoms with E-state index in [-0.39, 0.29) is 33.9 Å². The van der Waals surface area contributed by atoms with Gasteiger partial charge in [0.25, 0.3) is 0 Å². The van der Waals surface area contributed by atoms with Gasteiger partial charge in [-0.3, -0.25) is 0 Å². The van der Waals surface area contributed by atoms with Crippen LogP contribution in [0.2, 0.25) is 0 Å². The van der Waals surface area contributed by atoms with E-state index in [0.29, 0.717) is 23.6 Å². The van der Waals surface area contributed by atoms with Crippen LogP contribution in [0.25, 0.3) is 0 Å². The van der Waals surface area contributed by atoms with Crippen molar-refractivity contribution in [2.75, 3.05) is 37.8 Å². The quantitative estimate of drug-likeness (QED) is 0.544. The Hall–Kier alpha value is -1.10. The number of ether oxygens (including phenoxy) is 2. The van der Waals surface area contributed by atoms with Gasteiger partial charge >= 0.3 is 5.97 Å². The van der Waals surface area contributed by atoms with Crippen molar-refractivity contribution in [3.05, 3.63) is 16.0 Å². The van der Waals surface area contributed by atoms with Crippen LogP contribution in [0.1, 0.15) is 70.6 Å². The number of carbonyl (C=O) groups excluding carboxylic acids is 1. The summed E-state index contributed by atoms with van der Waals surface area (Å²) in [5.41, 5.74) is 0.611. The first kappa shape index (κ1) is 26.5. The van der Waals surface area contributed by atoms with E-state index in [1.165, 1.54) is 0 Å². The number of carbonyl (C=O) groups is 1. The van der Waals surface area contributed by atoms with E-state index >= 15 is 0 Å². The Morgan fingerprint density at radius 3 is 2.48 bits per heavy atom. The molecular formula is C23H37BrN4O4S. The first-order chi connectivity index (χ1) is 15.3. The Kier molecular flexibility index (Phi) is 7.93. The van der Waals surface area contributed by atoms with Crippen LogP contribution in [-0.2, 0) is 20.5 Å². The predicted octanol–water partition coefficient (Wildman–Crippen LogP) is 3.79. The topological polar surface area (TPSA) is 93.7 Å². The fourth-order valence-corrected chi connectivity index (χ4v) is 5.99. The Bertz CT molecular complexity index is 910. The molecule has 2 fully saturated rings. The standard InChI is InChI=1S/C23H37BrN4O4S/c1-8-32-20(29)17-19(25-15(2)18(24)26-17)28-11-9-23(10-12-28)14-31-13-16(23)22(6,7)27-33(30)21(3,4)5/h16,27H,8-14H2,1-7H3. The smallest absolute Gasteiger partial charge is 0.360 e. The molecule has 3 heterocycles. The zero-order valence-corrected chi connectivity index (χ0v) is 23.2. The van der Waals surface area contributed by atoms with E-state index in [1.807, 2.05) is 27.7 Å². The van der Waals surface area contributed by atoms with E-state index in [2.05, 4.69) is 49.4 Å². The van der Waals surface area contributed by atoms with Crippen molar-refractivity contribution in [1.29, 1.82) is 0 Å². The van der Waals surface area contributed by atoms with Crippen molar-refractivity contribution < 1.29 is 18.5 Å². The summed E-state index contributed by atoms with van der Waals surface area (Å²) in [6, 6.07) is 0. The normalized spacial score (nSPS) is 21.9. The fraction of sp³-hybridized carbons (Fsp3) is 0.783. The molecule has 33 heavy (non-hydrogen) atoms. The van der Waals surface area contributed by atoms with Crippen LogP contribution < -0.4 is 9.62 Å². The van der Waals surface area contributed by atoms with Gasteiger partial charge in [-0.25, -0.2) is 23.7 Å². The minimum absolute atomic E-state index is 0.0169. The van der Waals surface area contributed by atoms with Gasteiger partial charge in [0.1, 0.15) is 4.60 Å². The summed E-state index contributed by atoms with van der Waals surface area (Å²) in [5.74, 6) is 0.337. The van der Waals surface area contributed by atoms with Crippen LogP contribution >= 0.6 is 15.9 Å². The van der Waals surface area contributed by atoms with Crippen molar-refractivity contribution in [1.82, 2.24) is 14.7 Å². The maximum Gasteiger partial charge on any atom is 0.360 e. The first-order valence-corrected chi connectivity index (χ1v) is 13.5. The van der Waals surface area contributed by atoms with Gasteiger partial charge < -0.3 is 14.4 Å². The van der Waals surface area contributed by atoms with Crippen LogP contribution in [0.15, 0.2) is 4.60 Å². The van der Waals surface area contributed by atoms with Crippen molar-refractivity contribution in [3.63, 3.8) is 0 Å². The lowest BCUT2D eigenvalue weighted by Gasteiger charge is -2.48. The summed E-state index contributed by atoms with van der Waals surface area (Å²) >= 11 is 3.39. The van der Waals surface area contributed by atoms with E-state index in [9.17, 15) is 9.00 Å². The first-order valence-electron chi connectivity index (χ1n) is 11.5. The van der Waals surface area contributed by atoms with Crippen LogP contribution in [0.4, 0.5) is 5.82 Å². The molecule has 1 aromatic rings. The van der Waals surface area contributed by atoms with E-state index in [4.69, 9.17) is 9.47 Å². The molecule has 3 rings (SSSR count). The molecule has 0 aliphatic carbocycles. The molecule has 0 amide bonds. The SMILES string of the molecule is CCOC(=O)c1nc(Br)c(C)nc1N1CCC2(CC1)COCC2C(C)(C)NS(=O)C(C)(C)C. The number of aromatic nitrogens is 2. The third-order valence-corrected chi connectivity index (χ3v) is 9.29. The molecule has 2 aliphatic rings. The van der Waals surface area contributed by atoms with Gasteiger partial charge in [-0.1, -0.05) is 0 Å². The molecule has 10 heteroatoms. The maximum absolute atomic E-state index is 12.8. The van der Waals surface area contributed by atoms with Crippen LogP contribution in [0, 0.1) is 18.3 Å². The molecule has 1 N–H and O–H groups in total. The van der Waals surface area contributed by atoms with Gasteiger partial charge in [-0.15, -0.1) is 0 Å². The molecule has 8 nitrogen and oxygen atoms in total. The molecule has 2 atom stereocenters. The van der Waals surface area contributed by atoms with Gasteiger partial charge in [0, 0.05) is 30.0 Å². The third-order valence-electron chi connectivity index (χ3n) is 6.72. The highest BCUT2D eigenvalue weighted by Gasteiger charge is 2.53. The molecule has 186 valence electrons. The highest BCUT2D eigenvalue weighted by atomic mass is 79.9. The molecule has 1 aromatic heterocycles. The Balaban J connectivity index is 1.80. The number of halogens is 1. The van der Waals surface area contributed by atoms with Gasteiger partial charge in [-0.05, 0) is 77.2 Å². The van der Waals surface area contributed by atoms with Crippen molar-refractivity contribution >= 4 is 38.7 Å². The second kappa shape index (κ2) is 9.87. The summed E-state index contributed by atoms with van der Waals surface area (Å²) < 4.78 is 27.7. The Morgan fingerprint density at radius 2 is 1.91 bits per heavy atom. The number of nitrogens with zero attached hydrogens (tertiary/aromatic N) is 3. The minimum atomic E-state index is -1.17. The van der Waals surface area contributed by atoms with Gasteiger partial charge in [0.15, 0.2) is 11.5 Å². The predicted molar refractivity (Wildman–Crippen MR) is 134 cm³/mol. The highest BCUT2D eigenvalue weighted by molar-refractivity contribution is 9.10. The number of aryl methyl sites for hydroxylation is 1. The molecule has 2 saturated heterocycles. The maximum atomic E-state index is 12.8. The van der Waals surface area contributed by atoms with Crippen LogP contribution in [0.5, 0.6) is 0 Å². The Morgan fingerprint density at radius 1 is 1.27 bits per heavy atom. The lowest BCUT2D eigenvalue weighted by atomic mass is 9.64. The second-order valence-electron chi connectivity index (χ2n) is 10.6. The number of esters is 1. The molecule has 0 radical (unpaired) electrons. The Labute approximate surface area is 208 Å². The summed E-state index contributed by atoms with van der Waals surface area (Å²) in [6.07, 6.45) is 1.79. The van der Waals surface area contributed by atoms with Crippen LogP contribution in [0.3, 0.4) is 0 Å². The van der Waals surface area contributed by atoms with Crippen molar-refractivity contribution in [2.45, 2.75) is 71.6 Å². The molecule has 2 unspecified atom stereocenters. The average molecular weight is 546 g/mol. The molecule has 0 aromatic carbocycles. The number of piperidine rings is 1. The monoisotopic (exact) mass is 544 g/mol. The van der Waals surface area contributed by atoms with Crippen molar-refractivity contribution in [3.8, 4) is 0 Å². The van der Waals surface area contributed by atoms with Crippen molar-refractivity contribution in [2.24, 2.45) is 11.3 Å². The second-order valence-corrected chi connectivity index (χ2v) is 13.3. The van der Waals surface area contributed by atoms with Gasteiger partial charge in [0.05, 0.1) is 41.2 Å². The number of nitrogens with one attached hydrogen (secondary N) is 1. The van der Waals surface area contributed by atoms with Gasteiger partial charge in [-0.2, -0.15) is 0 Å². The lowest BCUT2D eigenvalue weighted by molar-refractivity contribution is 0.0519. The molecule has 0 saturated carbocycles. The number of anilines is 1. The van der Waals surface area contributed by atoms with E-state index in [1.54, 1.807) is 6.92 Å². The fourth-order valence-electron chi connectivity index (χ4n) is 4.79. The molecule has 2 aliphatic heterocycles. The van der Waals surface area contributed by atoms with Crippen LogP contribution in [-0.4, -0.2) is 63.3 Å². The summed E-state index contributed by atoms with van der Waals surface area (Å²) in [6.45, 7) is 16.9. The molecular weight excluding hydrogens is 508 g/mol. The zero-order chi connectivity index (χ0) is 24.6. The number of hydrogen-bond acceptors (Lipinski definition) is 7. The van der Waals surface area contributed by atoms with E-state index < -0.39 is 17.0 Å². The molecule has 0 bridgehead atoms. The highest BCUT2D eigenvalue weighted by Crippen LogP contribution is 2.49. The third kappa shape index (κ3) is 5.60. The largest absolute Gasteiger partial charge is 0.461 e. The van der Waals surface area contributed by atoms with Gasteiger partial charge in [0.2, 0.25) is 0 Å².